The van der Waals surface area contributed by atoms with Crippen molar-refractivity contribution in [3.8, 4) is 44.5 Å². The van der Waals surface area contributed by atoms with Gasteiger partial charge in [0.05, 0.1) is 5.69 Å². The fourth-order valence-corrected chi connectivity index (χ4v) is 9.18. The molecule has 2 heteroatoms. The van der Waals surface area contributed by atoms with Gasteiger partial charge in [0.25, 0.3) is 0 Å². The molecule has 274 valence electrons. The summed E-state index contributed by atoms with van der Waals surface area (Å²) >= 11 is 0. The molecule has 0 saturated carbocycles. The van der Waals surface area contributed by atoms with E-state index >= 15 is 0 Å². The summed E-state index contributed by atoms with van der Waals surface area (Å²) in [5, 5.41) is 2.21. The van der Waals surface area contributed by atoms with Gasteiger partial charge in [0, 0.05) is 27.6 Å². The quantitative estimate of drug-likeness (QED) is 0.162. The van der Waals surface area contributed by atoms with Crippen LogP contribution in [0.1, 0.15) is 23.6 Å². The lowest BCUT2D eigenvalue weighted by molar-refractivity contribution is 0.667. The topological polar surface area (TPSA) is 16.4 Å². The highest BCUT2D eigenvalue weighted by Crippen LogP contribution is 2.54. The Morgan fingerprint density at radius 1 is 0.379 bits per heavy atom. The van der Waals surface area contributed by atoms with Gasteiger partial charge in [-0.2, -0.15) is 0 Å². The van der Waals surface area contributed by atoms with E-state index in [0.717, 1.165) is 44.6 Å². The summed E-state index contributed by atoms with van der Waals surface area (Å²) in [6, 6.07) is 78.9. The molecule has 11 rings (SSSR count). The lowest BCUT2D eigenvalue weighted by Gasteiger charge is -2.31. The van der Waals surface area contributed by atoms with Crippen molar-refractivity contribution >= 4 is 39.0 Å². The Morgan fingerprint density at radius 2 is 0.793 bits per heavy atom. The number of para-hydroxylation sites is 1. The van der Waals surface area contributed by atoms with Gasteiger partial charge in [-0.15, -0.1) is 0 Å². The smallest absolute Gasteiger partial charge is 0.159 e. The van der Waals surface area contributed by atoms with Gasteiger partial charge in [0.1, 0.15) is 5.58 Å². The summed E-state index contributed by atoms with van der Waals surface area (Å²) in [5.41, 5.74) is 18.0. The summed E-state index contributed by atoms with van der Waals surface area (Å²) in [6.45, 7) is 2.39. The van der Waals surface area contributed by atoms with Crippen LogP contribution >= 0.6 is 0 Å². The molecule has 1 aliphatic rings. The summed E-state index contributed by atoms with van der Waals surface area (Å²) in [5.74, 6) is 0. The van der Waals surface area contributed by atoms with Crippen LogP contribution in [0.4, 0.5) is 17.1 Å². The van der Waals surface area contributed by atoms with Crippen LogP contribution < -0.4 is 4.90 Å². The number of rotatable bonds is 7. The summed E-state index contributed by atoms with van der Waals surface area (Å²) < 4.78 is 6.89. The van der Waals surface area contributed by atoms with E-state index in [1.807, 2.05) is 0 Å². The molecule has 9 aromatic carbocycles. The van der Waals surface area contributed by atoms with Crippen molar-refractivity contribution in [2.75, 3.05) is 4.90 Å². The third-order valence-electron chi connectivity index (χ3n) is 12.2. The van der Waals surface area contributed by atoms with Gasteiger partial charge in [0.15, 0.2) is 5.58 Å². The van der Waals surface area contributed by atoms with Crippen LogP contribution in [0.5, 0.6) is 0 Å². The number of anilines is 3. The van der Waals surface area contributed by atoms with Gasteiger partial charge in [-0.25, -0.2) is 0 Å². The van der Waals surface area contributed by atoms with Gasteiger partial charge in [0.2, 0.25) is 0 Å². The molecule has 1 aliphatic carbocycles. The second kappa shape index (κ2) is 13.7. The number of furan rings is 1. The van der Waals surface area contributed by atoms with E-state index < -0.39 is 5.41 Å². The molecule has 0 N–H and O–H groups in total. The third kappa shape index (κ3) is 5.49. The first-order valence-electron chi connectivity index (χ1n) is 20.0. The lowest BCUT2D eigenvalue weighted by Crippen LogP contribution is -2.23. The van der Waals surface area contributed by atoms with Crippen LogP contribution in [0.3, 0.4) is 0 Å². The Morgan fingerprint density at radius 3 is 1.31 bits per heavy atom. The minimum Gasteiger partial charge on any atom is -0.454 e. The minimum atomic E-state index is -0.396. The van der Waals surface area contributed by atoms with Crippen molar-refractivity contribution in [1.29, 1.82) is 0 Å². The van der Waals surface area contributed by atoms with Gasteiger partial charge in [-0.05, 0) is 111 Å². The maximum atomic E-state index is 6.89. The minimum absolute atomic E-state index is 0.396. The van der Waals surface area contributed by atoms with Crippen LogP contribution in [0.25, 0.3) is 66.4 Å². The Kier molecular flexibility index (Phi) is 7.97. The van der Waals surface area contributed by atoms with Crippen LogP contribution in [0.2, 0.25) is 0 Å². The molecule has 0 bridgehead atoms. The highest BCUT2D eigenvalue weighted by Gasteiger charge is 2.41. The maximum absolute atomic E-state index is 6.89. The summed E-state index contributed by atoms with van der Waals surface area (Å²) in [6.07, 6.45) is 0. The number of hydrogen-bond acceptors (Lipinski definition) is 2. The van der Waals surface area contributed by atoms with E-state index in [1.165, 1.54) is 55.6 Å². The lowest BCUT2D eigenvalue weighted by atomic mass is 9.73. The second-order valence-corrected chi connectivity index (χ2v) is 15.4. The molecule has 1 heterocycles. The molecule has 0 unspecified atom stereocenters. The molecule has 0 fully saturated rings. The average molecular weight is 742 g/mol. The van der Waals surface area contributed by atoms with Crippen molar-refractivity contribution in [3.63, 3.8) is 0 Å². The number of fused-ring (bicyclic) bond motifs is 6. The Balaban J connectivity index is 1.11. The largest absolute Gasteiger partial charge is 0.454 e. The van der Waals surface area contributed by atoms with Crippen molar-refractivity contribution in [2.45, 2.75) is 12.3 Å². The zero-order chi connectivity index (χ0) is 38.6. The Labute approximate surface area is 338 Å². The Bertz CT molecular complexity index is 3040. The number of benzene rings is 9. The van der Waals surface area contributed by atoms with Crippen molar-refractivity contribution in [1.82, 2.24) is 0 Å². The summed E-state index contributed by atoms with van der Waals surface area (Å²) in [4.78, 5) is 2.38. The molecule has 1 aromatic heterocycles. The molecule has 0 amide bonds. The molecule has 0 atom stereocenters. The van der Waals surface area contributed by atoms with Gasteiger partial charge in [-0.1, -0.05) is 176 Å². The highest BCUT2D eigenvalue weighted by atomic mass is 16.3. The molecule has 0 saturated heterocycles. The van der Waals surface area contributed by atoms with E-state index in [1.54, 1.807) is 0 Å². The molecule has 2 nitrogen and oxygen atoms in total. The fraction of sp³-hybridized carbons (Fsp3) is 0.0357. The monoisotopic (exact) mass is 741 g/mol. The number of hydrogen-bond donors (Lipinski definition) is 0. The predicted octanol–water partition coefficient (Wildman–Crippen LogP) is 15.4. The van der Waals surface area contributed by atoms with E-state index in [4.69, 9.17) is 4.42 Å². The van der Waals surface area contributed by atoms with Gasteiger partial charge < -0.3 is 9.32 Å². The SMILES string of the molecule is CC1(c2cc(N(c3ccc(-c4ccccc4)cc3)c3ccc(-c4ccc(-c5ccccc5)cc4)cc3)c3oc4ccccc4c3c2)c2ccccc2-c2ccccc21. The molecular weight excluding hydrogens is 703 g/mol. The van der Waals surface area contributed by atoms with Crippen LogP contribution in [-0.4, -0.2) is 0 Å². The molecule has 0 spiro atoms. The first kappa shape index (κ1) is 33.9. The fourth-order valence-electron chi connectivity index (χ4n) is 9.18. The van der Waals surface area contributed by atoms with Crippen LogP contribution in [0.15, 0.2) is 223 Å². The zero-order valence-corrected chi connectivity index (χ0v) is 32.1. The van der Waals surface area contributed by atoms with Crippen molar-refractivity contribution in [3.05, 3.63) is 235 Å². The first-order chi connectivity index (χ1) is 28.6. The maximum Gasteiger partial charge on any atom is 0.159 e. The zero-order valence-electron chi connectivity index (χ0n) is 32.1. The second-order valence-electron chi connectivity index (χ2n) is 15.4. The van der Waals surface area contributed by atoms with E-state index in [2.05, 4.69) is 230 Å². The van der Waals surface area contributed by atoms with Gasteiger partial charge in [-0.3, -0.25) is 0 Å². The molecule has 0 aliphatic heterocycles. The Hall–Kier alpha value is -7.42. The van der Waals surface area contributed by atoms with Crippen molar-refractivity contribution < 1.29 is 4.42 Å². The standard InChI is InChI=1S/C56H39NO/c1-56(51-21-11-8-18-47(51)48-19-9-12-22-52(48)56)44-36-50-49-20-10-13-23-54(49)58-55(50)53(37-44)57(45-32-28-42(29-33-45)39-16-6-3-7-17-39)46-34-30-43(31-35-46)41-26-24-40(25-27-41)38-14-4-2-5-15-38/h2-37H,1H3. The third-order valence-corrected chi connectivity index (χ3v) is 12.2. The molecule has 0 radical (unpaired) electrons. The van der Waals surface area contributed by atoms with Gasteiger partial charge >= 0.3 is 0 Å². The molecule has 58 heavy (non-hydrogen) atoms. The molecule has 10 aromatic rings. The predicted molar refractivity (Wildman–Crippen MR) is 242 cm³/mol. The van der Waals surface area contributed by atoms with E-state index in [9.17, 15) is 0 Å². The van der Waals surface area contributed by atoms with Crippen molar-refractivity contribution in [2.24, 2.45) is 0 Å². The van der Waals surface area contributed by atoms with Crippen LogP contribution in [0, 0.1) is 0 Å². The average Bonchev–Trinajstić information content (AvgIpc) is 3.81. The highest BCUT2D eigenvalue weighted by molar-refractivity contribution is 6.11. The van der Waals surface area contributed by atoms with E-state index in [0.29, 0.717) is 0 Å². The number of nitrogens with zero attached hydrogens (tertiary/aromatic N) is 1. The molecular formula is C56H39NO. The van der Waals surface area contributed by atoms with E-state index in [-0.39, 0.29) is 0 Å². The van der Waals surface area contributed by atoms with Crippen LogP contribution in [-0.2, 0) is 5.41 Å². The first-order valence-corrected chi connectivity index (χ1v) is 20.0. The summed E-state index contributed by atoms with van der Waals surface area (Å²) in [7, 11) is 0. The normalized spacial score (nSPS) is 12.7.